The van der Waals surface area contributed by atoms with E-state index in [1.54, 1.807) is 0 Å². The van der Waals surface area contributed by atoms with Crippen LogP contribution in [0.25, 0.3) is 0 Å². The van der Waals surface area contributed by atoms with Gasteiger partial charge in [-0.05, 0) is 25.3 Å². The number of rotatable bonds is 6. The van der Waals surface area contributed by atoms with Crippen LogP contribution in [0.15, 0.2) is 34.7 Å². The summed E-state index contributed by atoms with van der Waals surface area (Å²) in [6.45, 7) is 6.45. The highest BCUT2D eigenvalue weighted by Gasteiger charge is 2.30. The quantitative estimate of drug-likeness (QED) is 0.868. The molecule has 0 unspecified atom stereocenters. The number of aromatic nitrogens is 2. The van der Waals surface area contributed by atoms with Crippen LogP contribution >= 0.6 is 0 Å². The van der Waals surface area contributed by atoms with Crippen LogP contribution in [0.5, 0.6) is 0 Å². The maximum absolute atomic E-state index is 10.5. The largest absolute Gasteiger partial charge is 0.424 e. The summed E-state index contributed by atoms with van der Waals surface area (Å²) in [5, 5.41) is 18.8. The lowest BCUT2D eigenvalue weighted by Gasteiger charge is -2.40. The smallest absolute Gasteiger partial charge is 0.230 e. The molecule has 0 radical (unpaired) electrons. The Morgan fingerprint density at radius 1 is 1.20 bits per heavy atom. The second-order valence-electron chi connectivity index (χ2n) is 7.31. The summed E-state index contributed by atoms with van der Waals surface area (Å²) in [6, 6.07) is 10.3. The number of aliphatic hydroxyl groups is 1. The van der Waals surface area contributed by atoms with Crippen LogP contribution in [-0.4, -0.2) is 57.3 Å². The predicted octanol–water partition coefficient (Wildman–Crippen LogP) is 2.19. The molecule has 2 atom stereocenters. The fraction of sp³-hybridized carbons (Fsp3) is 0.579. The molecular weight excluding hydrogens is 316 g/mol. The second kappa shape index (κ2) is 7.23. The molecular formula is C19H26N4O2. The molecule has 1 N–H and O–H groups in total. The third kappa shape index (κ3) is 4.08. The van der Waals surface area contributed by atoms with Crippen LogP contribution < -0.4 is 0 Å². The lowest BCUT2D eigenvalue weighted by Crippen LogP contribution is -2.52. The number of benzene rings is 1. The topological polar surface area (TPSA) is 65.6 Å². The number of hydrogen-bond donors (Lipinski definition) is 1. The molecule has 1 aromatic heterocycles. The minimum Gasteiger partial charge on any atom is -0.424 e. The molecule has 0 spiro atoms. The summed E-state index contributed by atoms with van der Waals surface area (Å²) in [6.07, 6.45) is 1.93. The number of hydrogen-bond acceptors (Lipinski definition) is 6. The third-order valence-electron chi connectivity index (χ3n) is 5.21. The molecule has 4 rings (SSSR count). The average molecular weight is 342 g/mol. The molecule has 2 aromatic rings. The minimum atomic E-state index is -0.438. The normalized spacial score (nSPS) is 23.7. The third-order valence-corrected chi connectivity index (χ3v) is 5.21. The monoisotopic (exact) mass is 342 g/mol. The summed E-state index contributed by atoms with van der Waals surface area (Å²) in [5.74, 6) is 2.05. The predicted molar refractivity (Wildman–Crippen MR) is 94.0 cm³/mol. The highest BCUT2D eigenvalue weighted by Crippen LogP contribution is 2.39. The van der Waals surface area contributed by atoms with Crippen LogP contribution in [0.1, 0.15) is 49.1 Å². The van der Waals surface area contributed by atoms with Gasteiger partial charge in [0, 0.05) is 38.1 Å². The number of aliphatic hydroxyl groups excluding tert-OH is 1. The van der Waals surface area contributed by atoms with E-state index < -0.39 is 6.10 Å². The summed E-state index contributed by atoms with van der Waals surface area (Å²) in [4.78, 5) is 4.72. The van der Waals surface area contributed by atoms with Gasteiger partial charge in [0.1, 0.15) is 0 Å². The molecule has 25 heavy (non-hydrogen) atoms. The molecule has 2 aliphatic rings. The maximum Gasteiger partial charge on any atom is 0.230 e. The molecule has 1 aliphatic carbocycles. The van der Waals surface area contributed by atoms with E-state index in [0.29, 0.717) is 18.5 Å². The maximum atomic E-state index is 10.5. The van der Waals surface area contributed by atoms with Gasteiger partial charge in [0.2, 0.25) is 11.8 Å². The summed E-state index contributed by atoms with van der Waals surface area (Å²) in [7, 11) is 0. The van der Waals surface area contributed by atoms with Gasteiger partial charge >= 0.3 is 0 Å². The molecule has 1 aromatic carbocycles. The molecule has 6 nitrogen and oxygen atoms in total. The van der Waals surface area contributed by atoms with Crippen molar-refractivity contribution in [3.8, 4) is 0 Å². The Morgan fingerprint density at radius 2 is 2.00 bits per heavy atom. The SMILES string of the molecule is C[C@H]1CN(Cc2nnc(C3CC3)o2)CCN1C[C@H](O)c1ccccc1. The van der Waals surface area contributed by atoms with Gasteiger partial charge in [-0.2, -0.15) is 0 Å². The Kier molecular flexibility index (Phi) is 4.83. The van der Waals surface area contributed by atoms with Gasteiger partial charge in [-0.15, -0.1) is 10.2 Å². The van der Waals surface area contributed by atoms with E-state index in [9.17, 15) is 5.11 Å². The van der Waals surface area contributed by atoms with E-state index in [1.165, 1.54) is 12.8 Å². The van der Waals surface area contributed by atoms with Gasteiger partial charge in [0.15, 0.2) is 0 Å². The minimum absolute atomic E-state index is 0.387. The van der Waals surface area contributed by atoms with Gasteiger partial charge in [-0.1, -0.05) is 30.3 Å². The lowest BCUT2D eigenvalue weighted by atomic mass is 10.1. The molecule has 1 saturated carbocycles. The Morgan fingerprint density at radius 3 is 2.72 bits per heavy atom. The van der Waals surface area contributed by atoms with Crippen molar-refractivity contribution in [3.63, 3.8) is 0 Å². The molecule has 0 bridgehead atoms. The van der Waals surface area contributed by atoms with Crippen LogP contribution in [0.4, 0.5) is 0 Å². The van der Waals surface area contributed by atoms with Crippen molar-refractivity contribution in [2.75, 3.05) is 26.2 Å². The first-order valence-electron chi connectivity index (χ1n) is 9.20. The van der Waals surface area contributed by atoms with Crippen molar-refractivity contribution >= 4 is 0 Å². The van der Waals surface area contributed by atoms with Gasteiger partial charge in [0.05, 0.1) is 12.6 Å². The zero-order chi connectivity index (χ0) is 17.2. The Hall–Kier alpha value is -1.76. The first-order chi connectivity index (χ1) is 12.2. The van der Waals surface area contributed by atoms with Crippen molar-refractivity contribution in [3.05, 3.63) is 47.7 Å². The number of β-amino-alcohol motifs (C(OH)–C–C–N with tert-alkyl or cyclic N) is 1. The van der Waals surface area contributed by atoms with Crippen LogP contribution in [-0.2, 0) is 6.54 Å². The lowest BCUT2D eigenvalue weighted by molar-refractivity contribution is 0.0334. The summed E-state index contributed by atoms with van der Waals surface area (Å²) >= 11 is 0. The summed E-state index contributed by atoms with van der Waals surface area (Å²) in [5.41, 5.74) is 0.982. The van der Waals surface area contributed by atoms with Crippen molar-refractivity contribution in [1.29, 1.82) is 0 Å². The van der Waals surface area contributed by atoms with Gasteiger partial charge in [-0.25, -0.2) is 0 Å². The fourth-order valence-electron chi connectivity index (χ4n) is 3.51. The Balaban J connectivity index is 1.29. The molecule has 6 heteroatoms. The first kappa shape index (κ1) is 16.7. The highest BCUT2D eigenvalue weighted by atomic mass is 16.4. The van der Waals surface area contributed by atoms with Crippen molar-refractivity contribution in [1.82, 2.24) is 20.0 Å². The van der Waals surface area contributed by atoms with Crippen LogP contribution in [0.2, 0.25) is 0 Å². The molecule has 1 saturated heterocycles. The standard InChI is InChI=1S/C19H26N4O2/c1-14-11-22(13-18-20-21-19(25-18)16-7-8-16)9-10-23(14)12-17(24)15-5-3-2-4-6-15/h2-6,14,16-17,24H,7-13H2,1H3/t14-,17-/m0/s1. The van der Waals surface area contributed by atoms with E-state index in [-0.39, 0.29) is 0 Å². The van der Waals surface area contributed by atoms with Crippen molar-refractivity contribution in [2.45, 2.75) is 44.4 Å². The Labute approximate surface area is 148 Å². The van der Waals surface area contributed by atoms with Crippen molar-refractivity contribution in [2.24, 2.45) is 0 Å². The van der Waals surface area contributed by atoms with Crippen molar-refractivity contribution < 1.29 is 9.52 Å². The second-order valence-corrected chi connectivity index (χ2v) is 7.31. The number of nitrogens with zero attached hydrogens (tertiary/aromatic N) is 4. The molecule has 0 amide bonds. The Bertz CT molecular complexity index is 686. The van der Waals surface area contributed by atoms with E-state index in [0.717, 1.165) is 43.5 Å². The van der Waals surface area contributed by atoms with Gasteiger partial charge < -0.3 is 9.52 Å². The van der Waals surface area contributed by atoms with E-state index in [4.69, 9.17) is 4.42 Å². The zero-order valence-electron chi connectivity index (χ0n) is 14.7. The van der Waals surface area contributed by atoms with Gasteiger partial charge in [-0.3, -0.25) is 9.80 Å². The molecule has 134 valence electrons. The fourth-order valence-corrected chi connectivity index (χ4v) is 3.51. The molecule has 1 aliphatic heterocycles. The summed E-state index contributed by atoms with van der Waals surface area (Å²) < 4.78 is 5.78. The van der Waals surface area contributed by atoms with E-state index in [1.807, 2.05) is 30.3 Å². The highest BCUT2D eigenvalue weighted by molar-refractivity contribution is 5.17. The zero-order valence-corrected chi connectivity index (χ0v) is 14.7. The molecule has 2 heterocycles. The number of piperazine rings is 1. The average Bonchev–Trinajstić information content (AvgIpc) is 3.38. The van der Waals surface area contributed by atoms with Crippen LogP contribution in [0.3, 0.4) is 0 Å². The molecule has 2 fully saturated rings. The van der Waals surface area contributed by atoms with E-state index in [2.05, 4.69) is 26.9 Å². The van der Waals surface area contributed by atoms with E-state index >= 15 is 0 Å². The van der Waals surface area contributed by atoms with Crippen LogP contribution in [0, 0.1) is 0 Å². The van der Waals surface area contributed by atoms with Gasteiger partial charge in [0.25, 0.3) is 0 Å². The first-order valence-corrected chi connectivity index (χ1v) is 9.20.